The molecule has 9 aliphatic rings. The number of hydrogen-bond acceptors (Lipinski definition) is 26. The Balaban J connectivity index is 0.899. The van der Waals surface area contributed by atoms with Gasteiger partial charge in [-0.1, -0.05) is 27.7 Å². The van der Waals surface area contributed by atoms with E-state index in [-0.39, 0.29) is 67.0 Å². The Morgan fingerprint density at radius 2 is 1.14 bits per heavy atom. The molecule has 0 spiro atoms. The minimum absolute atomic E-state index is 0.0353. The number of fused-ring (bicyclic) bond motifs is 7. The van der Waals surface area contributed by atoms with Crippen molar-refractivity contribution in [3.63, 3.8) is 0 Å². The monoisotopic (exact) mass is 1130 g/mol. The van der Waals surface area contributed by atoms with Crippen LogP contribution in [0, 0.1) is 40.4 Å². The van der Waals surface area contributed by atoms with Crippen LogP contribution >= 0.6 is 0 Å². The summed E-state index contributed by atoms with van der Waals surface area (Å²) in [5, 5.41) is 175. The Labute approximate surface area is 452 Å². The van der Waals surface area contributed by atoms with Crippen LogP contribution in [0.2, 0.25) is 0 Å². The van der Waals surface area contributed by atoms with Gasteiger partial charge in [0, 0.05) is 31.3 Å². The summed E-state index contributed by atoms with van der Waals surface area (Å²) in [7, 11) is 1.63. The number of aliphatic hydroxyl groups excluding tert-OH is 14. The van der Waals surface area contributed by atoms with Crippen molar-refractivity contribution in [1.29, 1.82) is 0 Å². The van der Waals surface area contributed by atoms with Crippen LogP contribution in [0.25, 0.3) is 0 Å². The molecule has 16 N–H and O–H groups in total. The lowest BCUT2D eigenvalue weighted by Crippen LogP contribution is -2.74. The van der Waals surface area contributed by atoms with E-state index >= 15 is 0 Å². The predicted molar refractivity (Wildman–Crippen MR) is 259 cm³/mol. The SMILES string of the molecule is COC1(CCC(C)COC2OC(CO)C(O)C(O)C2O)OC2CC3C4CCC5(O)CC(OC6OC(CO)C(O)C(OC7OC(CO)C(O)C(O)C7O)C6OC6OC(C)C(O)C(O)C6O)C(O)CC5(C)C4(O)CCC3(C)C2C1C. The summed E-state index contributed by atoms with van der Waals surface area (Å²) < 4.78 is 60.8. The van der Waals surface area contributed by atoms with Gasteiger partial charge >= 0.3 is 0 Å². The smallest absolute Gasteiger partial charge is 0.187 e. The van der Waals surface area contributed by atoms with E-state index in [0.29, 0.717) is 38.5 Å². The van der Waals surface area contributed by atoms with E-state index in [1.54, 1.807) is 14.0 Å². The van der Waals surface area contributed by atoms with Crippen molar-refractivity contribution in [2.24, 2.45) is 40.4 Å². The Morgan fingerprint density at radius 1 is 0.590 bits per heavy atom. The standard InChI is InChI=1S/C52H88O26/c1-20(19-70-44-39(64)37(62)33(58)28(16-53)73-44)7-10-52(69-6)21(2)31-26(78-52)13-24-23-8-9-50(67)15-27(25(56)14-49(50,5)51(23,68)12-11-48(24,31)4)72-47-43(77-45-40(65)36(61)32(57)22(3)71-45)42(35(60)30(18-55)75-47)76-46-41(66)38(63)34(59)29(17-54)74-46/h20-47,53-68H,7-19H2,1-6H3. The Kier molecular flexibility index (Phi) is 18.2. The van der Waals surface area contributed by atoms with Gasteiger partial charge in [0.2, 0.25) is 0 Å². The van der Waals surface area contributed by atoms with Crippen molar-refractivity contribution >= 4 is 0 Å². The lowest BCUT2D eigenvalue weighted by molar-refractivity contribution is -0.400. The maximum absolute atomic E-state index is 13.3. The Bertz CT molecular complexity index is 2010. The number of aliphatic hydroxyl groups is 16. The van der Waals surface area contributed by atoms with Crippen molar-refractivity contribution in [2.45, 2.75) is 251 Å². The molecule has 26 nitrogen and oxygen atoms in total. The topological polar surface area (TPSA) is 416 Å². The van der Waals surface area contributed by atoms with Gasteiger partial charge < -0.3 is 129 Å². The van der Waals surface area contributed by atoms with E-state index < -0.39 is 177 Å². The van der Waals surface area contributed by atoms with Crippen LogP contribution in [0.15, 0.2) is 0 Å². The summed E-state index contributed by atoms with van der Waals surface area (Å²) in [6.45, 7) is 7.42. The average Bonchev–Trinajstić information content (AvgIpc) is 2.70. The van der Waals surface area contributed by atoms with Gasteiger partial charge in [-0.05, 0) is 81.0 Å². The third-order valence-electron chi connectivity index (χ3n) is 20.7. The molecule has 5 heterocycles. The van der Waals surface area contributed by atoms with Gasteiger partial charge in [-0.3, -0.25) is 0 Å². The molecule has 452 valence electrons. The molecule has 0 amide bonds. The zero-order valence-electron chi connectivity index (χ0n) is 45.1. The van der Waals surface area contributed by atoms with Crippen LogP contribution in [0.3, 0.4) is 0 Å². The van der Waals surface area contributed by atoms with Crippen molar-refractivity contribution < 1.29 is 129 Å². The van der Waals surface area contributed by atoms with E-state index in [4.69, 9.17) is 47.4 Å². The summed E-state index contributed by atoms with van der Waals surface area (Å²) in [4.78, 5) is 0. The van der Waals surface area contributed by atoms with Gasteiger partial charge in [-0.15, -0.1) is 0 Å². The van der Waals surface area contributed by atoms with Gasteiger partial charge in [-0.25, -0.2) is 0 Å². The molecule has 9 rings (SSSR count). The number of ether oxygens (including phenoxy) is 10. The summed E-state index contributed by atoms with van der Waals surface area (Å²) in [6, 6.07) is 0. The second-order valence-electron chi connectivity index (χ2n) is 24.9. The lowest BCUT2D eigenvalue weighted by atomic mass is 9.40. The van der Waals surface area contributed by atoms with E-state index in [2.05, 4.69) is 13.8 Å². The molecular formula is C52H88O26. The van der Waals surface area contributed by atoms with Crippen LogP contribution in [0.1, 0.15) is 92.4 Å². The minimum Gasteiger partial charge on any atom is -0.394 e. The Hall–Kier alpha value is -1.04. The van der Waals surface area contributed by atoms with Crippen molar-refractivity contribution in [3.05, 3.63) is 0 Å². The molecular weight excluding hydrogens is 1040 g/mol. The number of hydrogen-bond donors (Lipinski definition) is 16. The molecule has 0 aromatic rings. The predicted octanol–water partition coefficient (Wildman–Crippen LogP) is -5.07. The van der Waals surface area contributed by atoms with E-state index in [0.717, 1.165) is 0 Å². The normalized spacial score (nSPS) is 56.6. The highest BCUT2D eigenvalue weighted by atomic mass is 16.8. The second-order valence-corrected chi connectivity index (χ2v) is 24.9. The highest BCUT2D eigenvalue weighted by Gasteiger charge is 2.75. The molecule has 0 aromatic carbocycles. The summed E-state index contributed by atoms with van der Waals surface area (Å²) in [5.41, 5.74) is -4.76. The zero-order valence-corrected chi connectivity index (χ0v) is 45.1. The maximum Gasteiger partial charge on any atom is 0.187 e. The molecule has 0 bridgehead atoms. The molecule has 33 unspecified atom stereocenters. The van der Waals surface area contributed by atoms with Gasteiger partial charge in [0.25, 0.3) is 0 Å². The van der Waals surface area contributed by atoms with Gasteiger partial charge in [0.15, 0.2) is 30.9 Å². The molecule has 5 saturated heterocycles. The van der Waals surface area contributed by atoms with E-state index in [1.165, 1.54) is 6.92 Å². The van der Waals surface area contributed by atoms with Crippen molar-refractivity contribution in [3.8, 4) is 0 Å². The molecule has 33 atom stereocenters. The fourth-order valence-electron chi connectivity index (χ4n) is 15.8. The first-order valence-electron chi connectivity index (χ1n) is 27.9. The van der Waals surface area contributed by atoms with Crippen LogP contribution in [-0.2, 0) is 47.4 Å². The Morgan fingerprint density at radius 3 is 1.76 bits per heavy atom. The van der Waals surface area contributed by atoms with Crippen molar-refractivity contribution in [2.75, 3.05) is 33.5 Å². The third-order valence-corrected chi connectivity index (χ3v) is 20.7. The van der Waals surface area contributed by atoms with Gasteiger partial charge in [0.1, 0.15) is 91.6 Å². The molecule has 26 heteroatoms. The molecule has 0 radical (unpaired) electrons. The highest BCUT2D eigenvalue weighted by molar-refractivity contribution is 5.24. The van der Waals surface area contributed by atoms with Crippen LogP contribution < -0.4 is 0 Å². The fourth-order valence-corrected chi connectivity index (χ4v) is 15.8. The highest BCUT2D eigenvalue weighted by Crippen LogP contribution is 2.73. The van der Waals surface area contributed by atoms with Crippen LogP contribution in [0.4, 0.5) is 0 Å². The quantitative estimate of drug-likeness (QED) is 0.0643. The number of methoxy groups -OCH3 is 1. The first-order valence-corrected chi connectivity index (χ1v) is 27.9. The summed E-state index contributed by atoms with van der Waals surface area (Å²) >= 11 is 0. The zero-order chi connectivity index (χ0) is 56.9. The molecule has 4 aliphatic carbocycles. The molecule has 0 aromatic heterocycles. The molecule has 5 aliphatic heterocycles. The van der Waals surface area contributed by atoms with Crippen LogP contribution in [0.5, 0.6) is 0 Å². The second kappa shape index (κ2) is 23.1. The van der Waals surface area contributed by atoms with E-state index in [9.17, 15) is 81.7 Å². The number of rotatable bonds is 16. The minimum atomic E-state index is -1.98. The fraction of sp³-hybridized carbons (Fsp3) is 1.00. The molecule has 78 heavy (non-hydrogen) atoms. The van der Waals surface area contributed by atoms with Gasteiger partial charge in [-0.2, -0.15) is 0 Å². The largest absolute Gasteiger partial charge is 0.394 e. The summed E-state index contributed by atoms with van der Waals surface area (Å²) in [6.07, 6.45) is -32.9. The van der Waals surface area contributed by atoms with Crippen LogP contribution in [-0.4, -0.2) is 273 Å². The third kappa shape index (κ3) is 10.2. The molecule has 4 saturated carbocycles. The van der Waals surface area contributed by atoms with E-state index in [1.807, 2.05) is 6.92 Å². The summed E-state index contributed by atoms with van der Waals surface area (Å²) in [5.74, 6) is -1.44. The lowest BCUT2D eigenvalue weighted by Gasteiger charge is -2.68. The molecule has 9 fully saturated rings. The first-order chi connectivity index (χ1) is 36.7. The van der Waals surface area contributed by atoms with Gasteiger partial charge in [0.05, 0.1) is 62.0 Å². The van der Waals surface area contributed by atoms with Crippen molar-refractivity contribution in [1.82, 2.24) is 0 Å². The average molecular weight is 1130 g/mol. The first kappa shape index (κ1) is 61.5. The maximum atomic E-state index is 13.3.